The molecule has 32 heavy (non-hydrogen) atoms. The van der Waals surface area contributed by atoms with Crippen LogP contribution in [0.1, 0.15) is 13.8 Å². The average molecular weight is 487 g/mol. The third-order valence-electron chi connectivity index (χ3n) is 3.47. The minimum absolute atomic E-state index is 0.188. The van der Waals surface area contributed by atoms with Crippen LogP contribution in [0.2, 0.25) is 0 Å². The Hall–Kier alpha value is -3.26. The SMILES string of the molecule is CC(=O)N[C@@H](CSC(=O)Nc1cccc(NC(=O)SC[C@H](NC(C)=O)C(=O)O)c1)C(=O)O. The second-order valence-corrected chi connectivity index (χ2v) is 8.20. The molecule has 174 valence electrons. The quantitative estimate of drug-likeness (QED) is 0.282. The van der Waals surface area contributed by atoms with Crippen LogP contribution < -0.4 is 21.3 Å². The highest BCUT2D eigenvalue weighted by molar-refractivity contribution is 8.14. The summed E-state index contributed by atoms with van der Waals surface area (Å²) < 4.78 is 0. The molecule has 0 radical (unpaired) electrons. The molecule has 0 aliphatic heterocycles. The topological polar surface area (TPSA) is 191 Å². The third kappa shape index (κ3) is 10.7. The maximum Gasteiger partial charge on any atom is 0.327 e. The zero-order valence-corrected chi connectivity index (χ0v) is 18.7. The highest BCUT2D eigenvalue weighted by Gasteiger charge is 2.21. The predicted octanol–water partition coefficient (Wildman–Crippen LogP) is 1.40. The van der Waals surface area contributed by atoms with E-state index in [0.29, 0.717) is 34.9 Å². The number of anilines is 2. The summed E-state index contributed by atoms with van der Waals surface area (Å²) in [5.74, 6) is -3.99. The first-order chi connectivity index (χ1) is 15.0. The lowest BCUT2D eigenvalue weighted by Crippen LogP contribution is -2.41. The van der Waals surface area contributed by atoms with E-state index in [9.17, 15) is 28.8 Å². The summed E-state index contributed by atoms with van der Waals surface area (Å²) in [6.07, 6.45) is 0. The lowest BCUT2D eigenvalue weighted by molar-refractivity contribution is -0.141. The molecular weight excluding hydrogens is 464 g/mol. The molecule has 0 fully saturated rings. The number of nitrogens with one attached hydrogen (secondary N) is 4. The van der Waals surface area contributed by atoms with Crippen molar-refractivity contribution in [1.29, 1.82) is 0 Å². The molecule has 0 spiro atoms. The average Bonchev–Trinajstić information content (AvgIpc) is 2.67. The summed E-state index contributed by atoms with van der Waals surface area (Å²) >= 11 is 1.32. The summed E-state index contributed by atoms with van der Waals surface area (Å²) in [6, 6.07) is 3.63. The number of hydrogen-bond donors (Lipinski definition) is 6. The fourth-order valence-electron chi connectivity index (χ4n) is 2.14. The molecule has 0 saturated carbocycles. The highest BCUT2D eigenvalue weighted by Crippen LogP contribution is 2.19. The van der Waals surface area contributed by atoms with E-state index in [-0.39, 0.29) is 11.5 Å². The first-order valence-electron chi connectivity index (χ1n) is 8.95. The molecule has 6 N–H and O–H groups in total. The fraction of sp³-hybridized carbons (Fsp3) is 0.333. The van der Waals surface area contributed by atoms with Gasteiger partial charge in [0.15, 0.2) is 0 Å². The Kier molecular flexibility index (Phi) is 11.1. The van der Waals surface area contributed by atoms with Crippen LogP contribution in [-0.2, 0) is 19.2 Å². The number of hydrogen-bond acceptors (Lipinski definition) is 8. The van der Waals surface area contributed by atoms with Crippen LogP contribution in [0.5, 0.6) is 0 Å². The van der Waals surface area contributed by atoms with Crippen molar-refractivity contribution in [3.8, 4) is 0 Å². The summed E-state index contributed by atoms with van der Waals surface area (Å²) in [6.45, 7) is 2.33. The number of thioether (sulfide) groups is 2. The van der Waals surface area contributed by atoms with Crippen molar-refractivity contribution in [2.45, 2.75) is 25.9 Å². The van der Waals surface area contributed by atoms with Gasteiger partial charge >= 0.3 is 11.9 Å². The first kappa shape index (κ1) is 26.8. The van der Waals surface area contributed by atoms with Crippen LogP contribution in [0.25, 0.3) is 0 Å². The molecule has 0 aliphatic rings. The van der Waals surface area contributed by atoms with Gasteiger partial charge in [-0.2, -0.15) is 0 Å². The first-order valence-corrected chi connectivity index (χ1v) is 10.9. The van der Waals surface area contributed by atoms with Gasteiger partial charge in [0.25, 0.3) is 10.5 Å². The number of rotatable bonds is 10. The van der Waals surface area contributed by atoms with Crippen molar-refractivity contribution in [3.63, 3.8) is 0 Å². The molecule has 0 unspecified atom stereocenters. The standard InChI is InChI=1S/C18H22N4O8S2/c1-9(23)19-13(15(25)26)7-31-17(29)21-11-4-3-5-12(6-11)22-18(30)32-8-14(16(27)28)20-10(2)24/h3-6,13-14H,7-8H2,1-2H3,(H,19,23)(H,20,24)(H,21,29)(H,22,30)(H,25,26)(H,27,28)/t13-,14-/m0/s1. The largest absolute Gasteiger partial charge is 0.480 e. The van der Waals surface area contributed by atoms with Crippen LogP contribution in [0.4, 0.5) is 21.0 Å². The molecule has 0 saturated heterocycles. The fourth-order valence-corrected chi connectivity index (χ4v) is 3.61. The summed E-state index contributed by atoms with van der Waals surface area (Å²) in [5.41, 5.74) is 0.636. The molecule has 1 rings (SSSR count). The van der Waals surface area contributed by atoms with Crippen LogP contribution >= 0.6 is 23.5 Å². The number of amides is 4. The summed E-state index contributed by atoms with van der Waals surface area (Å²) in [7, 11) is 0. The number of carboxylic acid groups (broad SMARTS) is 2. The van der Waals surface area contributed by atoms with Gasteiger partial charge in [0.1, 0.15) is 12.1 Å². The van der Waals surface area contributed by atoms with Crippen molar-refractivity contribution in [2.24, 2.45) is 0 Å². The number of carbonyl (C=O) groups excluding carboxylic acids is 4. The van der Waals surface area contributed by atoms with Crippen molar-refractivity contribution >= 4 is 69.1 Å². The monoisotopic (exact) mass is 486 g/mol. The lowest BCUT2D eigenvalue weighted by atomic mass is 10.3. The minimum Gasteiger partial charge on any atom is -0.480 e. The molecule has 0 aromatic heterocycles. The van der Waals surface area contributed by atoms with E-state index in [4.69, 9.17) is 10.2 Å². The molecule has 12 nitrogen and oxygen atoms in total. The predicted molar refractivity (Wildman–Crippen MR) is 120 cm³/mol. The molecule has 0 aliphatic carbocycles. The zero-order valence-electron chi connectivity index (χ0n) is 17.0. The Morgan fingerprint density at radius 2 is 1.16 bits per heavy atom. The van der Waals surface area contributed by atoms with Gasteiger partial charge in [-0.1, -0.05) is 29.6 Å². The second kappa shape index (κ2) is 13.2. The molecule has 4 amide bonds. The van der Waals surface area contributed by atoms with Crippen LogP contribution in [0.15, 0.2) is 24.3 Å². The Morgan fingerprint density at radius 3 is 1.47 bits per heavy atom. The zero-order chi connectivity index (χ0) is 24.3. The van der Waals surface area contributed by atoms with Gasteiger partial charge in [0.2, 0.25) is 11.8 Å². The Labute approximate surface area is 191 Å². The van der Waals surface area contributed by atoms with Gasteiger partial charge < -0.3 is 31.5 Å². The van der Waals surface area contributed by atoms with E-state index in [1.54, 1.807) is 18.2 Å². The smallest absolute Gasteiger partial charge is 0.327 e. The molecule has 0 bridgehead atoms. The number of aliphatic carboxylic acids is 2. The molecule has 0 heterocycles. The molecule has 2 atom stereocenters. The van der Waals surface area contributed by atoms with Crippen LogP contribution in [0, 0.1) is 0 Å². The van der Waals surface area contributed by atoms with E-state index < -0.39 is 46.3 Å². The summed E-state index contributed by atoms with van der Waals surface area (Å²) in [4.78, 5) is 68.3. The van der Waals surface area contributed by atoms with Gasteiger partial charge in [0.05, 0.1) is 0 Å². The lowest BCUT2D eigenvalue weighted by Gasteiger charge is -2.13. The molecule has 1 aromatic carbocycles. The Morgan fingerprint density at radius 1 is 0.781 bits per heavy atom. The minimum atomic E-state index is -1.27. The van der Waals surface area contributed by atoms with Crippen molar-refractivity contribution in [1.82, 2.24) is 10.6 Å². The van der Waals surface area contributed by atoms with Crippen LogP contribution in [-0.4, -0.2) is 68.0 Å². The third-order valence-corrected chi connectivity index (χ3v) is 5.20. The van der Waals surface area contributed by atoms with Gasteiger partial charge in [-0.3, -0.25) is 19.2 Å². The number of benzene rings is 1. The molecule has 1 aromatic rings. The van der Waals surface area contributed by atoms with E-state index in [2.05, 4.69) is 21.3 Å². The summed E-state index contributed by atoms with van der Waals surface area (Å²) in [5, 5.41) is 26.4. The number of carboxylic acids is 2. The maximum atomic E-state index is 12.1. The normalized spacial score (nSPS) is 12.1. The number of carbonyl (C=O) groups is 6. The van der Waals surface area contributed by atoms with Gasteiger partial charge in [-0.25, -0.2) is 9.59 Å². The highest BCUT2D eigenvalue weighted by atomic mass is 32.2. The van der Waals surface area contributed by atoms with Gasteiger partial charge in [-0.15, -0.1) is 0 Å². The van der Waals surface area contributed by atoms with Crippen molar-refractivity contribution in [2.75, 3.05) is 22.1 Å². The maximum absolute atomic E-state index is 12.1. The Bertz CT molecular complexity index is 828. The van der Waals surface area contributed by atoms with Gasteiger partial charge in [-0.05, 0) is 18.2 Å². The Balaban J connectivity index is 2.60. The van der Waals surface area contributed by atoms with Crippen LogP contribution in [0.3, 0.4) is 0 Å². The molecular formula is C18H22N4O8S2. The van der Waals surface area contributed by atoms with E-state index in [0.717, 1.165) is 0 Å². The van der Waals surface area contributed by atoms with Gasteiger partial charge in [0, 0.05) is 36.7 Å². The van der Waals surface area contributed by atoms with E-state index >= 15 is 0 Å². The second-order valence-electron chi connectivity index (χ2n) is 6.21. The van der Waals surface area contributed by atoms with E-state index in [1.165, 1.54) is 19.9 Å². The van der Waals surface area contributed by atoms with Crippen molar-refractivity contribution in [3.05, 3.63) is 24.3 Å². The molecule has 14 heteroatoms. The van der Waals surface area contributed by atoms with Crippen molar-refractivity contribution < 1.29 is 39.0 Å². The van der Waals surface area contributed by atoms with E-state index in [1.807, 2.05) is 0 Å².